The third kappa shape index (κ3) is 4.35. The van der Waals surface area contributed by atoms with Gasteiger partial charge in [-0.1, -0.05) is 42.0 Å². The molecule has 7 rings (SSSR count). The zero-order valence-corrected chi connectivity index (χ0v) is 24.4. The van der Waals surface area contributed by atoms with E-state index in [0.717, 1.165) is 20.9 Å². The molecule has 4 amide bonds. The number of fused-ring (bicyclic) bond motifs is 4. The van der Waals surface area contributed by atoms with Crippen molar-refractivity contribution in [1.29, 1.82) is 0 Å². The number of carbonyl (C=O) groups excluding carboxylic acids is 4. The number of carbonyl (C=O) groups is 4. The Kier molecular flexibility index (Phi) is 7.08. The maximum Gasteiger partial charge on any atom is 0.234 e. The third-order valence-electron chi connectivity index (χ3n) is 9.22. The van der Waals surface area contributed by atoms with Crippen molar-refractivity contribution in [3.8, 4) is 5.75 Å². The number of imide groups is 2. The van der Waals surface area contributed by atoms with Gasteiger partial charge in [0.1, 0.15) is 12.4 Å². The number of hydrogen-bond acceptors (Lipinski definition) is 8. The fraction of sp³-hybridized carbons (Fsp3) is 0.375. The summed E-state index contributed by atoms with van der Waals surface area (Å²) in [4.78, 5) is 60.2. The summed E-state index contributed by atoms with van der Waals surface area (Å²) in [5.41, 5.74) is 1.71. The van der Waals surface area contributed by atoms with E-state index in [1.807, 2.05) is 59.3 Å². The Labute approximate surface area is 251 Å². The van der Waals surface area contributed by atoms with Gasteiger partial charge in [0.2, 0.25) is 23.6 Å². The fourth-order valence-corrected chi connectivity index (χ4v) is 8.91. The van der Waals surface area contributed by atoms with Gasteiger partial charge in [-0.3, -0.25) is 29.0 Å². The second-order valence-corrected chi connectivity index (χ2v) is 13.4. The predicted octanol–water partition coefficient (Wildman–Crippen LogP) is 4.22. The lowest BCUT2D eigenvalue weighted by Crippen LogP contribution is -2.43. The first-order valence-electron chi connectivity index (χ1n) is 14.3. The van der Waals surface area contributed by atoms with Gasteiger partial charge in [0.25, 0.3) is 0 Å². The van der Waals surface area contributed by atoms with Crippen LogP contribution in [0.1, 0.15) is 34.1 Å². The van der Waals surface area contributed by atoms with Crippen LogP contribution >= 0.6 is 22.7 Å². The topological polar surface area (TPSA) is 104 Å². The Morgan fingerprint density at radius 3 is 2.05 bits per heavy atom. The first-order chi connectivity index (χ1) is 20.5. The number of likely N-dealkylation sites (tertiary alicyclic amines) is 2. The fourth-order valence-electron chi connectivity index (χ4n) is 7.52. The summed E-state index contributed by atoms with van der Waals surface area (Å²) in [5, 5.41) is 13.3. The molecule has 4 aliphatic rings. The number of benzene rings is 1. The minimum atomic E-state index is -0.634. The van der Waals surface area contributed by atoms with E-state index in [1.54, 1.807) is 0 Å². The highest BCUT2D eigenvalue weighted by Gasteiger charge is 2.62. The lowest BCUT2D eigenvalue weighted by atomic mass is 9.57. The smallest absolute Gasteiger partial charge is 0.234 e. The van der Waals surface area contributed by atoms with Gasteiger partial charge in [-0.2, -0.15) is 0 Å². The summed E-state index contributed by atoms with van der Waals surface area (Å²) in [6.07, 6.45) is 2.82. The number of aliphatic hydroxyl groups excluding tert-OH is 1. The van der Waals surface area contributed by atoms with Gasteiger partial charge >= 0.3 is 0 Å². The molecular formula is C32H30N2O6S2. The van der Waals surface area contributed by atoms with Crippen LogP contribution in [-0.4, -0.2) is 51.7 Å². The summed E-state index contributed by atoms with van der Waals surface area (Å²) < 4.78 is 5.93. The van der Waals surface area contributed by atoms with E-state index < -0.39 is 29.6 Å². The van der Waals surface area contributed by atoms with Crippen molar-refractivity contribution in [2.45, 2.75) is 31.8 Å². The van der Waals surface area contributed by atoms with E-state index in [0.29, 0.717) is 18.6 Å². The van der Waals surface area contributed by atoms with Crippen LogP contribution in [-0.2, 0) is 32.3 Å². The molecule has 10 heteroatoms. The van der Waals surface area contributed by atoms with E-state index in [-0.39, 0.29) is 55.8 Å². The van der Waals surface area contributed by atoms with Gasteiger partial charge in [-0.15, -0.1) is 22.7 Å². The highest BCUT2D eigenvalue weighted by molar-refractivity contribution is 7.10. The maximum absolute atomic E-state index is 14.1. The molecule has 0 radical (unpaired) electrons. The Hall–Kier alpha value is -3.60. The lowest BCUT2D eigenvalue weighted by molar-refractivity contribution is -0.142. The number of thiophene rings is 2. The average Bonchev–Trinajstić information content (AvgIpc) is 3.80. The minimum Gasteiger partial charge on any atom is -0.491 e. The molecule has 8 nitrogen and oxygen atoms in total. The van der Waals surface area contributed by atoms with Gasteiger partial charge in [-0.05, 0) is 47.7 Å². The summed E-state index contributed by atoms with van der Waals surface area (Å²) in [5.74, 6) is -3.35. The van der Waals surface area contributed by atoms with Crippen molar-refractivity contribution in [1.82, 2.24) is 9.80 Å². The van der Waals surface area contributed by atoms with Crippen molar-refractivity contribution in [3.63, 3.8) is 0 Å². The van der Waals surface area contributed by atoms with Gasteiger partial charge in [-0.25, -0.2) is 0 Å². The number of aliphatic hydroxyl groups is 1. The zero-order valence-electron chi connectivity index (χ0n) is 22.8. The number of allylic oxidation sites excluding steroid dienone is 2. The second kappa shape index (κ2) is 10.9. The first kappa shape index (κ1) is 27.2. The number of para-hydroxylation sites is 1. The molecule has 2 saturated heterocycles. The van der Waals surface area contributed by atoms with Crippen molar-refractivity contribution in [2.24, 2.45) is 29.6 Å². The zero-order chi connectivity index (χ0) is 29.0. The van der Waals surface area contributed by atoms with E-state index in [9.17, 15) is 24.3 Å². The maximum atomic E-state index is 14.1. The predicted molar refractivity (Wildman–Crippen MR) is 156 cm³/mol. The molecule has 2 aromatic heterocycles. The van der Waals surface area contributed by atoms with Crippen LogP contribution in [0.3, 0.4) is 0 Å². The van der Waals surface area contributed by atoms with Crippen LogP contribution in [0.2, 0.25) is 0 Å². The number of ether oxygens (including phenoxy) is 1. The van der Waals surface area contributed by atoms with Gasteiger partial charge < -0.3 is 9.84 Å². The van der Waals surface area contributed by atoms with E-state index in [2.05, 4.69) is 6.08 Å². The molecular weight excluding hydrogens is 572 g/mol. The van der Waals surface area contributed by atoms with Gasteiger partial charge in [0.05, 0.1) is 43.4 Å². The number of hydrogen-bond donors (Lipinski definition) is 1. The van der Waals surface area contributed by atoms with Crippen LogP contribution in [0.15, 0.2) is 70.9 Å². The Bertz CT molecular complexity index is 1560. The lowest BCUT2D eigenvalue weighted by Gasteiger charge is -2.44. The quantitative estimate of drug-likeness (QED) is 0.306. The molecule has 216 valence electrons. The molecule has 1 aromatic carbocycles. The molecule has 2 aliphatic carbocycles. The standard InChI is InChI=1S/C32H30N2O6S2/c35-11-12-40-25-8-2-1-7-21(25)26-20-9-10-22-27(31(38)33(29(22)36)16-18-5-3-13-41-18)23(20)15-24-28(26)32(39)34(30(24)37)17-19-6-4-14-42-19/h1-9,13-14,22-24,26-28,35H,10-12,15-17H2/t22-,23+,24+,26+,27-,28+/m0/s1. The molecule has 2 aliphatic heterocycles. The summed E-state index contributed by atoms with van der Waals surface area (Å²) in [6.45, 7) is 0.402. The van der Waals surface area contributed by atoms with E-state index in [4.69, 9.17) is 4.74 Å². The average molecular weight is 603 g/mol. The highest BCUT2D eigenvalue weighted by Crippen LogP contribution is 2.59. The normalized spacial score (nSPS) is 28.5. The second-order valence-electron chi connectivity index (χ2n) is 11.3. The van der Waals surface area contributed by atoms with Gasteiger partial charge in [0.15, 0.2) is 0 Å². The van der Waals surface area contributed by atoms with Crippen molar-refractivity contribution < 1.29 is 29.0 Å². The summed E-state index contributed by atoms with van der Waals surface area (Å²) >= 11 is 3.02. The highest BCUT2D eigenvalue weighted by atomic mass is 32.1. The first-order valence-corrected chi connectivity index (χ1v) is 16.0. The number of amides is 4. The molecule has 6 atom stereocenters. The molecule has 3 aromatic rings. The molecule has 3 fully saturated rings. The molecule has 0 spiro atoms. The molecule has 1 N–H and O–H groups in total. The monoisotopic (exact) mass is 602 g/mol. The summed E-state index contributed by atoms with van der Waals surface area (Å²) in [7, 11) is 0. The molecule has 0 unspecified atom stereocenters. The number of nitrogens with zero attached hydrogens (tertiary/aromatic N) is 2. The van der Waals surface area contributed by atoms with Crippen LogP contribution in [0.4, 0.5) is 0 Å². The third-order valence-corrected chi connectivity index (χ3v) is 10.9. The van der Waals surface area contributed by atoms with E-state index in [1.165, 1.54) is 32.5 Å². The van der Waals surface area contributed by atoms with Crippen LogP contribution < -0.4 is 4.74 Å². The van der Waals surface area contributed by atoms with Crippen molar-refractivity contribution >= 4 is 46.3 Å². The molecule has 4 heterocycles. The van der Waals surface area contributed by atoms with Crippen LogP contribution in [0.5, 0.6) is 5.75 Å². The summed E-state index contributed by atoms with van der Waals surface area (Å²) in [6, 6.07) is 15.1. The van der Waals surface area contributed by atoms with Crippen LogP contribution in [0.25, 0.3) is 0 Å². The largest absolute Gasteiger partial charge is 0.491 e. The number of rotatable bonds is 8. The van der Waals surface area contributed by atoms with Crippen molar-refractivity contribution in [2.75, 3.05) is 13.2 Å². The van der Waals surface area contributed by atoms with E-state index >= 15 is 0 Å². The SMILES string of the molecule is O=C1[C@H]2[C@H](CC=C3[C@H]2C[C@H]2C(=O)N(Cc4cccs4)C(=O)[C@H]2[C@H]3c2ccccc2OCCO)C(=O)N1Cc1cccs1. The Morgan fingerprint density at radius 2 is 1.40 bits per heavy atom. The van der Waals surface area contributed by atoms with Crippen LogP contribution in [0, 0.1) is 29.6 Å². The molecule has 42 heavy (non-hydrogen) atoms. The molecule has 0 bridgehead atoms. The Morgan fingerprint density at radius 1 is 0.762 bits per heavy atom. The van der Waals surface area contributed by atoms with Gasteiger partial charge in [0, 0.05) is 21.2 Å². The minimum absolute atomic E-state index is 0.0903. The Balaban J connectivity index is 1.30. The van der Waals surface area contributed by atoms with Crippen molar-refractivity contribution in [3.05, 3.63) is 86.3 Å². The molecule has 1 saturated carbocycles.